The number of rotatable bonds is 4. The van der Waals surface area contributed by atoms with E-state index >= 15 is 0 Å². The van der Waals surface area contributed by atoms with Crippen LogP contribution in [0.15, 0.2) is 47.5 Å². The lowest BCUT2D eigenvalue weighted by Crippen LogP contribution is -2.46. The molecular weight excluding hydrogens is 540 g/mol. The van der Waals surface area contributed by atoms with E-state index in [0.717, 1.165) is 0 Å². The molecule has 0 fully saturated rings. The van der Waals surface area contributed by atoms with E-state index in [0.29, 0.717) is 28.0 Å². The van der Waals surface area contributed by atoms with Crippen molar-refractivity contribution in [1.82, 2.24) is 0 Å². The van der Waals surface area contributed by atoms with Gasteiger partial charge in [0, 0.05) is 41.0 Å². The SMILES string of the molecule is COc1cc(OC)c2c(c1)C(OC)(c1ccc3c(c1O)C(=O)c1c(O)cc(C)cc1C3=O)C1=C(C2=O)C(C)OC(C)C1. The number of fused-ring (bicyclic) bond motifs is 3. The van der Waals surface area contributed by atoms with Crippen molar-refractivity contribution in [3.8, 4) is 23.0 Å². The third kappa shape index (κ3) is 3.53. The summed E-state index contributed by atoms with van der Waals surface area (Å²) in [5.41, 5.74) is 0.319. The number of aromatic hydroxyl groups is 2. The number of carbonyl (C=O) groups is 3. The molecule has 3 unspecified atom stereocenters. The van der Waals surface area contributed by atoms with Crippen molar-refractivity contribution < 1.29 is 43.5 Å². The maximum Gasteiger partial charge on any atom is 0.201 e. The molecule has 0 bridgehead atoms. The fraction of sp³-hybridized carbons (Fsp3) is 0.303. The summed E-state index contributed by atoms with van der Waals surface area (Å²) in [6, 6.07) is 9.22. The summed E-state index contributed by atoms with van der Waals surface area (Å²) in [4.78, 5) is 41.5. The first kappa shape index (κ1) is 27.7. The van der Waals surface area contributed by atoms with Gasteiger partial charge in [-0.3, -0.25) is 14.4 Å². The minimum atomic E-state index is -1.59. The first-order chi connectivity index (χ1) is 20.0. The second kappa shape index (κ2) is 9.54. The van der Waals surface area contributed by atoms with Gasteiger partial charge in [-0.1, -0.05) is 6.07 Å². The highest BCUT2D eigenvalue weighted by Gasteiger charge is 2.53. The molecule has 1 heterocycles. The maximum atomic E-state index is 14.1. The van der Waals surface area contributed by atoms with E-state index in [9.17, 15) is 24.6 Å². The van der Waals surface area contributed by atoms with Gasteiger partial charge in [0.05, 0.1) is 43.1 Å². The Hall–Kier alpha value is -4.47. The number of Topliss-reactive ketones (excluding diaryl/α,β-unsaturated/α-hetero) is 1. The lowest BCUT2D eigenvalue weighted by molar-refractivity contribution is -0.0133. The van der Waals surface area contributed by atoms with Crippen molar-refractivity contribution in [3.05, 3.63) is 92.1 Å². The molecular formula is C33H30O9. The summed E-state index contributed by atoms with van der Waals surface area (Å²) in [5, 5.41) is 22.7. The van der Waals surface area contributed by atoms with Gasteiger partial charge < -0.3 is 29.2 Å². The Bertz CT molecular complexity index is 1770. The zero-order valence-electron chi connectivity index (χ0n) is 24.1. The van der Waals surface area contributed by atoms with Gasteiger partial charge in [0.15, 0.2) is 11.6 Å². The molecule has 42 heavy (non-hydrogen) atoms. The zero-order valence-corrected chi connectivity index (χ0v) is 24.1. The summed E-state index contributed by atoms with van der Waals surface area (Å²) < 4.78 is 23.6. The first-order valence-electron chi connectivity index (χ1n) is 13.5. The Morgan fingerprint density at radius 1 is 0.833 bits per heavy atom. The first-order valence-corrected chi connectivity index (χ1v) is 13.5. The molecule has 0 saturated heterocycles. The Balaban J connectivity index is 1.72. The summed E-state index contributed by atoms with van der Waals surface area (Å²) in [7, 11) is 4.38. The van der Waals surface area contributed by atoms with Crippen molar-refractivity contribution >= 4 is 17.3 Å². The van der Waals surface area contributed by atoms with Crippen molar-refractivity contribution in [1.29, 1.82) is 0 Å². The van der Waals surface area contributed by atoms with Crippen molar-refractivity contribution in [2.75, 3.05) is 21.3 Å². The monoisotopic (exact) mass is 570 g/mol. The van der Waals surface area contributed by atoms with Crippen LogP contribution >= 0.6 is 0 Å². The Kier molecular flexibility index (Phi) is 6.29. The summed E-state index contributed by atoms with van der Waals surface area (Å²) in [6.07, 6.45) is -0.629. The normalized spacial score (nSPS) is 22.8. The third-order valence-electron chi connectivity index (χ3n) is 8.54. The van der Waals surface area contributed by atoms with E-state index < -0.39 is 29.0 Å². The minimum absolute atomic E-state index is 0.00301. The summed E-state index contributed by atoms with van der Waals surface area (Å²) in [5.74, 6) is -1.70. The van der Waals surface area contributed by atoms with Crippen LogP contribution in [-0.4, -0.2) is 61.1 Å². The number of phenols is 2. The van der Waals surface area contributed by atoms with Crippen LogP contribution < -0.4 is 9.47 Å². The lowest BCUT2D eigenvalue weighted by atomic mass is 9.66. The van der Waals surface area contributed by atoms with Crippen molar-refractivity contribution in [3.63, 3.8) is 0 Å². The number of phenolic OH excluding ortho intramolecular Hbond substituents is 2. The van der Waals surface area contributed by atoms with Crippen molar-refractivity contribution in [2.45, 2.75) is 45.0 Å². The van der Waals surface area contributed by atoms with Crippen LogP contribution in [0.4, 0.5) is 0 Å². The predicted molar refractivity (Wildman–Crippen MR) is 151 cm³/mol. The van der Waals surface area contributed by atoms with E-state index in [4.69, 9.17) is 18.9 Å². The standard InChI is InChI=1S/C33H30O9/c1-14-9-19-26(23(34)10-14)32(38)27-18(29(19)35)7-8-20(30(27)36)33(41-6)21-11-15(2)42-16(3)25(21)31(37)28-22(33)12-17(39-4)13-24(28)40-5/h7-10,12-13,15-16,34,36H,11H2,1-6H3. The second-order valence-corrected chi connectivity index (χ2v) is 10.9. The number of benzene rings is 3. The molecule has 3 aromatic carbocycles. The van der Waals surface area contributed by atoms with Gasteiger partial charge in [0.1, 0.15) is 28.6 Å². The fourth-order valence-corrected chi connectivity index (χ4v) is 6.84. The van der Waals surface area contributed by atoms with Crippen LogP contribution in [-0.2, 0) is 15.1 Å². The molecule has 0 spiro atoms. The average Bonchev–Trinajstić information content (AvgIpc) is 2.95. The van der Waals surface area contributed by atoms with Crippen LogP contribution in [0.5, 0.6) is 23.0 Å². The predicted octanol–water partition coefficient (Wildman–Crippen LogP) is 4.78. The quantitative estimate of drug-likeness (QED) is 0.356. The van der Waals surface area contributed by atoms with Gasteiger partial charge in [-0.2, -0.15) is 0 Å². The lowest BCUT2D eigenvalue weighted by Gasteiger charge is -2.46. The average molecular weight is 571 g/mol. The summed E-state index contributed by atoms with van der Waals surface area (Å²) >= 11 is 0. The van der Waals surface area contributed by atoms with Gasteiger partial charge in [-0.05, 0) is 62.6 Å². The molecule has 6 rings (SSSR count). The minimum Gasteiger partial charge on any atom is -0.507 e. The Labute approximate surface area is 242 Å². The van der Waals surface area contributed by atoms with Crippen LogP contribution in [0, 0.1) is 6.92 Å². The van der Waals surface area contributed by atoms with E-state index in [2.05, 4.69) is 0 Å². The highest BCUT2D eigenvalue weighted by molar-refractivity contribution is 6.30. The van der Waals surface area contributed by atoms with E-state index in [-0.39, 0.29) is 63.2 Å². The Morgan fingerprint density at radius 2 is 1.57 bits per heavy atom. The topological polar surface area (TPSA) is 129 Å². The molecule has 1 aliphatic heterocycles. The maximum absolute atomic E-state index is 14.1. The van der Waals surface area contributed by atoms with E-state index in [1.54, 1.807) is 38.1 Å². The van der Waals surface area contributed by atoms with Gasteiger partial charge in [0.25, 0.3) is 0 Å². The number of ketones is 3. The van der Waals surface area contributed by atoms with Gasteiger partial charge in [0.2, 0.25) is 5.78 Å². The molecule has 216 valence electrons. The fourth-order valence-electron chi connectivity index (χ4n) is 6.84. The molecule has 3 atom stereocenters. The molecule has 0 aromatic heterocycles. The number of hydrogen-bond donors (Lipinski definition) is 2. The zero-order chi connectivity index (χ0) is 30.2. The molecule has 9 nitrogen and oxygen atoms in total. The smallest absolute Gasteiger partial charge is 0.201 e. The van der Waals surface area contributed by atoms with Gasteiger partial charge in [-0.15, -0.1) is 0 Å². The number of ether oxygens (including phenoxy) is 4. The second-order valence-electron chi connectivity index (χ2n) is 10.9. The van der Waals surface area contributed by atoms with Crippen molar-refractivity contribution in [2.24, 2.45) is 0 Å². The molecule has 0 amide bonds. The van der Waals surface area contributed by atoms with Crippen LogP contribution in [0.3, 0.4) is 0 Å². The highest BCUT2D eigenvalue weighted by Crippen LogP contribution is 2.56. The molecule has 0 radical (unpaired) electrons. The number of aryl methyl sites for hydroxylation is 1. The van der Waals surface area contributed by atoms with Gasteiger partial charge in [-0.25, -0.2) is 0 Å². The molecule has 2 aliphatic carbocycles. The molecule has 3 aromatic rings. The summed E-state index contributed by atoms with van der Waals surface area (Å²) in [6.45, 7) is 5.37. The Morgan fingerprint density at radius 3 is 2.24 bits per heavy atom. The van der Waals surface area contributed by atoms with Crippen LogP contribution in [0.25, 0.3) is 0 Å². The number of hydrogen-bond acceptors (Lipinski definition) is 9. The highest BCUT2D eigenvalue weighted by atomic mass is 16.5. The largest absolute Gasteiger partial charge is 0.507 e. The van der Waals surface area contributed by atoms with Crippen LogP contribution in [0.2, 0.25) is 0 Å². The molecule has 2 N–H and O–H groups in total. The molecule has 3 aliphatic rings. The van der Waals surface area contributed by atoms with Gasteiger partial charge >= 0.3 is 0 Å². The van der Waals surface area contributed by atoms with Crippen LogP contribution in [0.1, 0.15) is 79.2 Å². The third-order valence-corrected chi connectivity index (χ3v) is 8.54. The number of carbonyl (C=O) groups excluding carboxylic acids is 3. The van der Waals surface area contributed by atoms with E-state index in [1.165, 1.54) is 33.5 Å². The molecule has 9 heteroatoms. The molecule has 0 saturated carbocycles. The van der Waals surface area contributed by atoms with E-state index in [1.807, 2.05) is 6.92 Å². The number of methoxy groups -OCH3 is 3.